The number of para-hydroxylation sites is 1. The molecule has 92 valence electrons. The van der Waals surface area contributed by atoms with Gasteiger partial charge >= 0.3 is 0 Å². The number of aryl methyl sites for hydroxylation is 1. The minimum absolute atomic E-state index is 0.119. The summed E-state index contributed by atoms with van der Waals surface area (Å²) in [5.41, 5.74) is 2.16. The first-order valence-electron chi connectivity index (χ1n) is 6.40. The molecule has 3 nitrogen and oxygen atoms in total. The Balaban J connectivity index is 2.01. The van der Waals surface area contributed by atoms with Gasteiger partial charge in [-0.1, -0.05) is 25.1 Å². The van der Waals surface area contributed by atoms with Crippen LogP contribution in [0.3, 0.4) is 0 Å². The first-order chi connectivity index (χ1) is 8.31. The third kappa shape index (κ3) is 3.07. The lowest BCUT2D eigenvalue weighted by molar-refractivity contribution is -0.120. The van der Waals surface area contributed by atoms with Gasteiger partial charge in [0, 0.05) is 12.2 Å². The first-order valence-corrected chi connectivity index (χ1v) is 6.40. The highest BCUT2D eigenvalue weighted by Gasteiger charge is 2.21. The Morgan fingerprint density at radius 1 is 1.47 bits per heavy atom. The molecule has 0 aromatic heterocycles. The molecule has 0 aliphatic carbocycles. The lowest BCUT2D eigenvalue weighted by Crippen LogP contribution is -2.37. The normalized spacial score (nSPS) is 19.9. The summed E-state index contributed by atoms with van der Waals surface area (Å²) in [6, 6.07) is 8.02. The summed E-state index contributed by atoms with van der Waals surface area (Å²) in [7, 11) is 0. The van der Waals surface area contributed by atoms with E-state index in [0.29, 0.717) is 0 Å². The monoisotopic (exact) mass is 232 g/mol. The fraction of sp³-hybridized carbons (Fsp3) is 0.500. The molecule has 1 fully saturated rings. The van der Waals surface area contributed by atoms with Gasteiger partial charge in [-0.3, -0.25) is 4.79 Å². The second-order valence-electron chi connectivity index (χ2n) is 4.54. The van der Waals surface area contributed by atoms with E-state index >= 15 is 0 Å². The largest absolute Gasteiger partial charge is 0.326 e. The zero-order valence-corrected chi connectivity index (χ0v) is 10.3. The third-order valence-corrected chi connectivity index (χ3v) is 3.32. The predicted molar refractivity (Wildman–Crippen MR) is 70.0 cm³/mol. The second kappa shape index (κ2) is 5.82. The van der Waals surface area contributed by atoms with Gasteiger partial charge in [-0.2, -0.15) is 0 Å². The maximum Gasteiger partial charge on any atom is 0.228 e. The quantitative estimate of drug-likeness (QED) is 0.838. The highest BCUT2D eigenvalue weighted by molar-refractivity contribution is 5.93. The number of piperidine rings is 1. The van der Waals surface area contributed by atoms with Crippen molar-refractivity contribution in [2.24, 2.45) is 5.92 Å². The number of carbonyl (C=O) groups is 1. The third-order valence-electron chi connectivity index (χ3n) is 3.32. The van der Waals surface area contributed by atoms with Crippen LogP contribution in [0.15, 0.2) is 24.3 Å². The van der Waals surface area contributed by atoms with Crippen LogP contribution in [-0.4, -0.2) is 19.0 Å². The van der Waals surface area contributed by atoms with E-state index in [2.05, 4.69) is 23.6 Å². The van der Waals surface area contributed by atoms with Gasteiger partial charge in [-0.15, -0.1) is 0 Å². The average Bonchev–Trinajstić information content (AvgIpc) is 2.40. The van der Waals surface area contributed by atoms with E-state index in [4.69, 9.17) is 0 Å². The molecule has 1 amide bonds. The first kappa shape index (κ1) is 12.1. The van der Waals surface area contributed by atoms with Gasteiger partial charge in [0.1, 0.15) is 0 Å². The van der Waals surface area contributed by atoms with Gasteiger partial charge < -0.3 is 10.6 Å². The number of carbonyl (C=O) groups excluding carboxylic acids is 1. The molecule has 2 N–H and O–H groups in total. The van der Waals surface area contributed by atoms with E-state index in [9.17, 15) is 4.79 Å². The van der Waals surface area contributed by atoms with Crippen LogP contribution in [0.5, 0.6) is 0 Å². The standard InChI is InChI=1S/C14H20N2O/c1-2-11-6-3-4-8-13(11)16-14(17)12-7-5-9-15-10-12/h3-4,6,8,12,15H,2,5,7,9-10H2,1H3,(H,16,17)/t12-/m0/s1. The maximum atomic E-state index is 12.1. The van der Waals surface area contributed by atoms with Crippen molar-refractivity contribution >= 4 is 11.6 Å². The molecule has 0 saturated carbocycles. The van der Waals surface area contributed by atoms with E-state index in [1.54, 1.807) is 0 Å². The van der Waals surface area contributed by atoms with Crippen LogP contribution in [0.25, 0.3) is 0 Å². The number of hydrogen-bond donors (Lipinski definition) is 2. The van der Waals surface area contributed by atoms with Gasteiger partial charge in [-0.05, 0) is 37.4 Å². The number of benzene rings is 1. The summed E-state index contributed by atoms with van der Waals surface area (Å²) in [6.07, 6.45) is 3.03. The molecule has 0 spiro atoms. The Morgan fingerprint density at radius 2 is 2.29 bits per heavy atom. The van der Waals surface area contributed by atoms with Crippen molar-refractivity contribution in [2.45, 2.75) is 26.2 Å². The van der Waals surface area contributed by atoms with Gasteiger partial charge in [0.2, 0.25) is 5.91 Å². The topological polar surface area (TPSA) is 41.1 Å². The molecule has 0 bridgehead atoms. The van der Waals surface area contributed by atoms with Crippen LogP contribution in [0.2, 0.25) is 0 Å². The minimum atomic E-state index is 0.119. The molecule has 1 aromatic rings. The highest BCUT2D eigenvalue weighted by atomic mass is 16.1. The molecule has 1 aliphatic heterocycles. The fourth-order valence-corrected chi connectivity index (χ4v) is 2.26. The van der Waals surface area contributed by atoms with Crippen LogP contribution in [0.4, 0.5) is 5.69 Å². The van der Waals surface area contributed by atoms with E-state index in [0.717, 1.165) is 38.0 Å². The molecule has 2 rings (SSSR count). The van der Waals surface area contributed by atoms with Crippen molar-refractivity contribution < 1.29 is 4.79 Å². The molecule has 17 heavy (non-hydrogen) atoms. The van der Waals surface area contributed by atoms with Crippen LogP contribution >= 0.6 is 0 Å². The summed E-state index contributed by atoms with van der Waals surface area (Å²) >= 11 is 0. The highest BCUT2D eigenvalue weighted by Crippen LogP contribution is 2.18. The summed E-state index contributed by atoms with van der Waals surface area (Å²) in [6.45, 7) is 3.95. The fourth-order valence-electron chi connectivity index (χ4n) is 2.26. The number of amides is 1. The minimum Gasteiger partial charge on any atom is -0.326 e. The number of rotatable bonds is 3. The molecule has 1 aromatic carbocycles. The lowest BCUT2D eigenvalue weighted by Gasteiger charge is -2.22. The summed E-state index contributed by atoms with van der Waals surface area (Å²) < 4.78 is 0. The van der Waals surface area contributed by atoms with Crippen molar-refractivity contribution in [3.63, 3.8) is 0 Å². The summed E-state index contributed by atoms with van der Waals surface area (Å²) in [4.78, 5) is 12.1. The van der Waals surface area contributed by atoms with E-state index < -0.39 is 0 Å². The SMILES string of the molecule is CCc1ccccc1NC(=O)[C@H]1CCCNC1. The molecular weight excluding hydrogens is 212 g/mol. The Kier molecular flexibility index (Phi) is 4.15. The molecule has 1 atom stereocenters. The Hall–Kier alpha value is -1.35. The molecule has 0 unspecified atom stereocenters. The average molecular weight is 232 g/mol. The van der Waals surface area contributed by atoms with Gasteiger partial charge in [-0.25, -0.2) is 0 Å². The maximum absolute atomic E-state index is 12.1. The number of nitrogens with one attached hydrogen (secondary N) is 2. The van der Waals surface area contributed by atoms with Gasteiger partial charge in [0.25, 0.3) is 0 Å². The second-order valence-corrected chi connectivity index (χ2v) is 4.54. The number of anilines is 1. The smallest absolute Gasteiger partial charge is 0.228 e. The predicted octanol–water partition coefficient (Wildman–Crippen LogP) is 2.19. The van der Waals surface area contributed by atoms with Crippen LogP contribution in [0, 0.1) is 5.92 Å². The van der Waals surface area contributed by atoms with Gasteiger partial charge in [0.15, 0.2) is 0 Å². The van der Waals surface area contributed by atoms with Crippen LogP contribution in [-0.2, 0) is 11.2 Å². The van der Waals surface area contributed by atoms with Crippen molar-refractivity contribution in [1.82, 2.24) is 5.32 Å². The molecular formula is C14H20N2O. The van der Waals surface area contributed by atoms with Crippen LogP contribution < -0.4 is 10.6 Å². The Bertz CT molecular complexity index is 384. The zero-order chi connectivity index (χ0) is 12.1. The van der Waals surface area contributed by atoms with E-state index in [1.165, 1.54) is 5.56 Å². The summed E-state index contributed by atoms with van der Waals surface area (Å²) in [5, 5.41) is 6.32. The zero-order valence-electron chi connectivity index (χ0n) is 10.3. The van der Waals surface area contributed by atoms with Crippen molar-refractivity contribution in [2.75, 3.05) is 18.4 Å². The van der Waals surface area contributed by atoms with Crippen molar-refractivity contribution in [1.29, 1.82) is 0 Å². The van der Waals surface area contributed by atoms with Gasteiger partial charge in [0.05, 0.1) is 5.92 Å². The lowest BCUT2D eigenvalue weighted by atomic mass is 9.98. The van der Waals surface area contributed by atoms with Crippen molar-refractivity contribution in [3.8, 4) is 0 Å². The van der Waals surface area contributed by atoms with Crippen LogP contribution in [0.1, 0.15) is 25.3 Å². The summed E-state index contributed by atoms with van der Waals surface area (Å²) in [5.74, 6) is 0.270. The molecule has 3 heteroatoms. The Morgan fingerprint density at radius 3 is 3.00 bits per heavy atom. The Labute approximate surface area is 103 Å². The van der Waals surface area contributed by atoms with E-state index in [1.807, 2.05) is 18.2 Å². The van der Waals surface area contributed by atoms with Crippen molar-refractivity contribution in [3.05, 3.63) is 29.8 Å². The number of hydrogen-bond acceptors (Lipinski definition) is 2. The van der Waals surface area contributed by atoms with E-state index in [-0.39, 0.29) is 11.8 Å². The molecule has 0 radical (unpaired) electrons. The molecule has 1 heterocycles. The molecule has 1 aliphatic rings. The molecule has 1 saturated heterocycles.